The highest BCUT2D eigenvalue weighted by molar-refractivity contribution is 5.85. The minimum absolute atomic E-state index is 0. The van der Waals surface area contributed by atoms with Crippen molar-refractivity contribution in [2.75, 3.05) is 13.6 Å². The molecule has 1 aromatic rings. The molecular weight excluding hydrogens is 345 g/mol. The van der Waals surface area contributed by atoms with E-state index in [-0.39, 0.29) is 42.2 Å². The van der Waals surface area contributed by atoms with Crippen molar-refractivity contribution in [2.45, 2.75) is 57.0 Å². The second kappa shape index (κ2) is 7.68. The Morgan fingerprint density at radius 2 is 2.16 bits per heavy atom. The fraction of sp³-hybridized carbons (Fsp3) is 0.611. The summed E-state index contributed by atoms with van der Waals surface area (Å²) in [5.41, 5.74) is 0.349. The van der Waals surface area contributed by atoms with Crippen LogP contribution in [0.15, 0.2) is 18.3 Å². The summed E-state index contributed by atoms with van der Waals surface area (Å²) in [5.74, 6) is -0.226. The fourth-order valence-corrected chi connectivity index (χ4v) is 4.42. The Balaban J connectivity index is 0.00000225. The van der Waals surface area contributed by atoms with E-state index in [1.165, 1.54) is 6.07 Å². The molecule has 0 bridgehead atoms. The number of piperidine rings is 1. The molecule has 0 aromatic carbocycles. The maximum Gasteiger partial charge on any atom is 0.228 e. The van der Waals surface area contributed by atoms with Gasteiger partial charge in [0.15, 0.2) is 0 Å². The molecule has 0 aliphatic carbocycles. The van der Waals surface area contributed by atoms with Crippen LogP contribution in [0.3, 0.4) is 0 Å². The molecule has 138 valence electrons. The Bertz CT molecular complexity index is 640. The van der Waals surface area contributed by atoms with Crippen molar-refractivity contribution < 1.29 is 14.0 Å². The van der Waals surface area contributed by atoms with E-state index in [2.05, 4.69) is 11.9 Å². The zero-order valence-corrected chi connectivity index (χ0v) is 15.5. The van der Waals surface area contributed by atoms with Crippen LogP contribution in [0, 0.1) is 5.82 Å². The Kier molecular flexibility index (Phi) is 6.03. The monoisotopic (exact) mass is 369 g/mol. The molecule has 3 heterocycles. The van der Waals surface area contributed by atoms with Gasteiger partial charge in [0.1, 0.15) is 5.82 Å². The first kappa shape index (κ1) is 19.6. The number of rotatable bonds is 3. The molecule has 1 aromatic heterocycles. The molecule has 0 N–H and O–H groups in total. The van der Waals surface area contributed by atoms with E-state index in [0.29, 0.717) is 18.7 Å². The molecule has 25 heavy (non-hydrogen) atoms. The van der Waals surface area contributed by atoms with Crippen LogP contribution in [0.5, 0.6) is 0 Å². The van der Waals surface area contributed by atoms with Gasteiger partial charge in [-0.15, -0.1) is 12.4 Å². The Hall–Kier alpha value is -1.69. The normalized spacial score (nSPS) is 26.0. The highest BCUT2D eigenvalue weighted by atomic mass is 35.5. The molecule has 0 unspecified atom stereocenters. The second-order valence-electron chi connectivity index (χ2n) is 6.82. The summed E-state index contributed by atoms with van der Waals surface area (Å²) in [7, 11) is 1.87. The van der Waals surface area contributed by atoms with Gasteiger partial charge < -0.3 is 9.80 Å². The smallest absolute Gasteiger partial charge is 0.228 e. The number of amides is 2. The van der Waals surface area contributed by atoms with E-state index in [0.717, 1.165) is 31.9 Å². The van der Waals surface area contributed by atoms with Crippen LogP contribution in [0.1, 0.15) is 44.7 Å². The van der Waals surface area contributed by atoms with Gasteiger partial charge >= 0.3 is 0 Å². The number of halogens is 2. The molecule has 2 aliphatic heterocycles. The zero-order chi connectivity index (χ0) is 17.3. The maximum absolute atomic E-state index is 13.0. The first-order valence-corrected chi connectivity index (χ1v) is 8.64. The average molecular weight is 370 g/mol. The lowest BCUT2D eigenvalue weighted by molar-refractivity contribution is -0.144. The summed E-state index contributed by atoms with van der Waals surface area (Å²) in [6.45, 7) is 2.78. The molecule has 2 amide bonds. The van der Waals surface area contributed by atoms with Crippen LogP contribution < -0.4 is 0 Å². The van der Waals surface area contributed by atoms with Crippen LogP contribution >= 0.6 is 12.4 Å². The molecular formula is C18H25ClFN3O2. The first-order valence-electron chi connectivity index (χ1n) is 8.64. The third kappa shape index (κ3) is 3.50. The van der Waals surface area contributed by atoms with E-state index in [4.69, 9.17) is 0 Å². The van der Waals surface area contributed by atoms with Gasteiger partial charge in [-0.1, -0.05) is 6.92 Å². The first-order chi connectivity index (χ1) is 11.5. The summed E-state index contributed by atoms with van der Waals surface area (Å²) in [4.78, 5) is 32.7. The average Bonchev–Trinajstić information content (AvgIpc) is 2.86. The Labute approximate surface area is 154 Å². The lowest BCUT2D eigenvalue weighted by Crippen LogP contribution is -2.63. The van der Waals surface area contributed by atoms with Gasteiger partial charge in [-0.05, 0) is 37.8 Å². The quantitative estimate of drug-likeness (QED) is 0.822. The highest BCUT2D eigenvalue weighted by Crippen LogP contribution is 2.42. The molecule has 2 saturated heterocycles. The number of aromatic nitrogens is 1. The van der Waals surface area contributed by atoms with Gasteiger partial charge in [-0.2, -0.15) is 0 Å². The third-order valence-corrected chi connectivity index (χ3v) is 5.65. The summed E-state index contributed by atoms with van der Waals surface area (Å²) < 4.78 is 13.0. The van der Waals surface area contributed by atoms with Gasteiger partial charge in [0.25, 0.3) is 0 Å². The van der Waals surface area contributed by atoms with Crippen molar-refractivity contribution in [3.05, 3.63) is 29.8 Å². The summed E-state index contributed by atoms with van der Waals surface area (Å²) in [6.07, 6.45) is 5.36. The Morgan fingerprint density at radius 1 is 1.40 bits per heavy atom. The summed E-state index contributed by atoms with van der Waals surface area (Å²) in [5, 5.41) is 0. The predicted octanol–water partition coefficient (Wildman–Crippen LogP) is 2.58. The van der Waals surface area contributed by atoms with Crippen molar-refractivity contribution in [3.63, 3.8) is 0 Å². The van der Waals surface area contributed by atoms with E-state index in [1.807, 2.05) is 16.8 Å². The summed E-state index contributed by atoms with van der Waals surface area (Å²) in [6, 6.07) is 2.92. The third-order valence-electron chi connectivity index (χ3n) is 5.65. The standard InChI is InChI=1S/C18H24FN3O2.ClH/c1-3-15-18(9-7-16(23)21(18)2)8-4-10-22(15)17(24)11-14-6-5-13(19)12-20-14;/h5-6,12,15H,3-4,7-11H2,1-2H3;1H/t15-,18+;/m1./s1. The summed E-state index contributed by atoms with van der Waals surface area (Å²) >= 11 is 0. The molecule has 5 nitrogen and oxygen atoms in total. The molecule has 2 fully saturated rings. The van der Waals surface area contributed by atoms with E-state index < -0.39 is 5.82 Å². The number of likely N-dealkylation sites (N-methyl/N-ethyl adjacent to an activating group) is 1. The topological polar surface area (TPSA) is 53.5 Å². The molecule has 2 atom stereocenters. The number of pyridine rings is 1. The number of hydrogen-bond acceptors (Lipinski definition) is 3. The van der Waals surface area contributed by atoms with Crippen molar-refractivity contribution in [1.29, 1.82) is 0 Å². The lowest BCUT2D eigenvalue weighted by atomic mass is 9.77. The second-order valence-corrected chi connectivity index (χ2v) is 6.82. The van der Waals surface area contributed by atoms with Crippen LogP contribution in [0.2, 0.25) is 0 Å². The minimum Gasteiger partial charge on any atom is -0.338 e. The fourth-order valence-electron chi connectivity index (χ4n) is 4.42. The van der Waals surface area contributed by atoms with Crippen LogP contribution in [0.4, 0.5) is 4.39 Å². The molecule has 3 rings (SSSR count). The van der Waals surface area contributed by atoms with Gasteiger partial charge in [0.05, 0.1) is 24.2 Å². The van der Waals surface area contributed by atoms with Crippen LogP contribution in [-0.4, -0.2) is 51.8 Å². The Morgan fingerprint density at radius 3 is 2.72 bits per heavy atom. The van der Waals surface area contributed by atoms with Crippen LogP contribution in [0.25, 0.3) is 0 Å². The zero-order valence-electron chi connectivity index (χ0n) is 14.7. The molecule has 1 spiro atoms. The van der Waals surface area contributed by atoms with Gasteiger partial charge in [0, 0.05) is 25.7 Å². The van der Waals surface area contributed by atoms with E-state index in [9.17, 15) is 14.0 Å². The molecule has 0 radical (unpaired) electrons. The van der Waals surface area contributed by atoms with Crippen molar-refractivity contribution >= 4 is 24.2 Å². The predicted molar refractivity (Wildman–Crippen MR) is 94.9 cm³/mol. The van der Waals surface area contributed by atoms with Crippen molar-refractivity contribution in [3.8, 4) is 0 Å². The maximum atomic E-state index is 13.0. The van der Waals surface area contributed by atoms with Crippen LogP contribution in [-0.2, 0) is 16.0 Å². The molecule has 0 saturated carbocycles. The number of hydrogen-bond donors (Lipinski definition) is 0. The van der Waals surface area contributed by atoms with Gasteiger partial charge in [-0.25, -0.2) is 4.39 Å². The van der Waals surface area contributed by atoms with E-state index in [1.54, 1.807) is 6.07 Å². The SMILES string of the molecule is CC[C@H]1N(C(=O)Cc2ccc(F)cn2)CCC[C@]12CCC(=O)N2C.Cl. The van der Waals surface area contributed by atoms with Crippen molar-refractivity contribution in [1.82, 2.24) is 14.8 Å². The number of likely N-dealkylation sites (tertiary alicyclic amines) is 2. The number of carbonyl (C=O) groups excluding carboxylic acids is 2. The van der Waals surface area contributed by atoms with Gasteiger partial charge in [0.2, 0.25) is 11.8 Å². The number of nitrogens with zero attached hydrogens (tertiary/aromatic N) is 3. The van der Waals surface area contributed by atoms with Crippen molar-refractivity contribution in [2.24, 2.45) is 0 Å². The lowest BCUT2D eigenvalue weighted by Gasteiger charge is -2.51. The highest BCUT2D eigenvalue weighted by Gasteiger charge is 2.52. The van der Waals surface area contributed by atoms with Gasteiger partial charge in [-0.3, -0.25) is 14.6 Å². The van der Waals surface area contributed by atoms with E-state index >= 15 is 0 Å². The molecule has 2 aliphatic rings. The minimum atomic E-state index is -0.402. The molecule has 7 heteroatoms. The largest absolute Gasteiger partial charge is 0.338 e. The number of carbonyl (C=O) groups is 2.